The molecule has 20 heavy (non-hydrogen) atoms. The molecule has 0 spiro atoms. The van der Waals surface area contributed by atoms with Gasteiger partial charge in [0.2, 0.25) is 0 Å². The number of halogens is 1. The quantitative estimate of drug-likeness (QED) is 0.503. The highest BCUT2D eigenvalue weighted by Gasteiger charge is 2.05. The van der Waals surface area contributed by atoms with Gasteiger partial charge in [0.1, 0.15) is 11.0 Å². The van der Waals surface area contributed by atoms with E-state index in [1.165, 1.54) is 0 Å². The summed E-state index contributed by atoms with van der Waals surface area (Å²) >= 11 is 7.74. The standard InChI is InChI=1S/C15H14ClN3S/c1-2-9-20-10-8-17-14-11-13(16)18-15(19-14)12-6-4-3-5-7-12/h1,3-7,11H,8-10H2,(H,17,18,19). The SMILES string of the molecule is C#CCSCCNc1cc(Cl)nc(-c2ccccc2)n1. The summed E-state index contributed by atoms with van der Waals surface area (Å²) in [5.74, 6) is 5.59. The van der Waals surface area contributed by atoms with Crippen LogP contribution in [-0.4, -0.2) is 28.0 Å². The number of thioether (sulfide) groups is 1. The van der Waals surface area contributed by atoms with E-state index in [4.69, 9.17) is 18.0 Å². The first-order valence-corrected chi connectivity index (χ1v) is 7.68. The molecule has 0 unspecified atom stereocenters. The van der Waals surface area contributed by atoms with Gasteiger partial charge in [-0.1, -0.05) is 47.9 Å². The predicted molar refractivity (Wildman–Crippen MR) is 87.1 cm³/mol. The van der Waals surface area contributed by atoms with E-state index in [9.17, 15) is 0 Å². The van der Waals surface area contributed by atoms with Crippen molar-refractivity contribution in [2.45, 2.75) is 0 Å². The normalized spacial score (nSPS) is 10.0. The first-order chi connectivity index (χ1) is 9.79. The molecule has 1 N–H and O–H groups in total. The maximum Gasteiger partial charge on any atom is 0.163 e. The van der Waals surface area contributed by atoms with Crippen LogP contribution < -0.4 is 5.32 Å². The van der Waals surface area contributed by atoms with Gasteiger partial charge < -0.3 is 5.32 Å². The van der Waals surface area contributed by atoms with Crippen LogP contribution in [0.1, 0.15) is 0 Å². The van der Waals surface area contributed by atoms with E-state index in [2.05, 4.69) is 21.2 Å². The summed E-state index contributed by atoms with van der Waals surface area (Å²) in [7, 11) is 0. The summed E-state index contributed by atoms with van der Waals surface area (Å²) in [6.07, 6.45) is 5.20. The molecule has 0 fully saturated rings. The summed E-state index contributed by atoms with van der Waals surface area (Å²) in [5, 5.41) is 3.66. The number of rotatable bonds is 6. The van der Waals surface area contributed by atoms with Crippen LogP contribution in [0.4, 0.5) is 5.82 Å². The number of aromatic nitrogens is 2. The fourth-order valence-corrected chi connectivity index (χ4v) is 2.30. The fraction of sp³-hybridized carbons (Fsp3) is 0.200. The van der Waals surface area contributed by atoms with Gasteiger partial charge in [0, 0.05) is 23.9 Å². The highest BCUT2D eigenvalue weighted by molar-refractivity contribution is 7.99. The van der Waals surface area contributed by atoms with Crippen LogP contribution in [0.2, 0.25) is 5.15 Å². The molecule has 1 heterocycles. The molecule has 2 rings (SSSR count). The van der Waals surface area contributed by atoms with E-state index in [1.54, 1.807) is 17.8 Å². The molecule has 0 atom stereocenters. The zero-order valence-electron chi connectivity index (χ0n) is 10.8. The molecule has 0 aliphatic heterocycles. The van der Waals surface area contributed by atoms with Gasteiger partial charge in [0.05, 0.1) is 5.75 Å². The summed E-state index contributed by atoms with van der Waals surface area (Å²) in [6.45, 7) is 0.786. The van der Waals surface area contributed by atoms with Gasteiger partial charge in [-0.05, 0) is 0 Å². The van der Waals surface area contributed by atoms with Crippen molar-refractivity contribution >= 4 is 29.2 Å². The topological polar surface area (TPSA) is 37.8 Å². The lowest BCUT2D eigenvalue weighted by atomic mass is 10.2. The predicted octanol–water partition coefficient (Wildman–Crippen LogP) is 3.58. The molecular formula is C15H14ClN3S. The van der Waals surface area contributed by atoms with Crippen LogP contribution in [0, 0.1) is 12.3 Å². The molecule has 102 valence electrons. The third kappa shape index (κ3) is 4.44. The highest BCUT2D eigenvalue weighted by Crippen LogP contribution is 2.19. The average molecular weight is 304 g/mol. The molecule has 5 heteroatoms. The second-order valence-corrected chi connectivity index (χ2v) is 5.44. The molecule has 0 radical (unpaired) electrons. The Bertz CT molecular complexity index is 596. The number of hydrogen-bond acceptors (Lipinski definition) is 4. The van der Waals surface area contributed by atoms with Crippen molar-refractivity contribution in [1.82, 2.24) is 9.97 Å². The molecule has 3 nitrogen and oxygen atoms in total. The van der Waals surface area contributed by atoms with Crippen molar-refractivity contribution in [3.63, 3.8) is 0 Å². The number of terminal acetylenes is 1. The summed E-state index contributed by atoms with van der Waals surface area (Å²) < 4.78 is 0. The van der Waals surface area contributed by atoms with Gasteiger partial charge >= 0.3 is 0 Å². The van der Waals surface area contributed by atoms with Crippen LogP contribution in [0.5, 0.6) is 0 Å². The Morgan fingerprint density at radius 2 is 2.05 bits per heavy atom. The molecule has 0 saturated carbocycles. The fourth-order valence-electron chi connectivity index (χ4n) is 1.61. The molecule has 1 aromatic heterocycles. The minimum atomic E-state index is 0.428. The third-order valence-electron chi connectivity index (χ3n) is 2.46. The number of nitrogens with zero attached hydrogens (tertiary/aromatic N) is 2. The maximum atomic E-state index is 6.04. The third-order valence-corrected chi connectivity index (χ3v) is 3.52. The Balaban J connectivity index is 2.04. The number of anilines is 1. The van der Waals surface area contributed by atoms with E-state index in [1.807, 2.05) is 30.3 Å². The molecule has 0 aliphatic carbocycles. The van der Waals surface area contributed by atoms with Crippen molar-refractivity contribution in [3.8, 4) is 23.7 Å². The van der Waals surface area contributed by atoms with Crippen LogP contribution >= 0.6 is 23.4 Å². The Morgan fingerprint density at radius 1 is 1.25 bits per heavy atom. The minimum absolute atomic E-state index is 0.428. The van der Waals surface area contributed by atoms with Crippen molar-refractivity contribution < 1.29 is 0 Å². The number of benzene rings is 1. The van der Waals surface area contributed by atoms with E-state index >= 15 is 0 Å². The van der Waals surface area contributed by atoms with Gasteiger partial charge in [-0.3, -0.25) is 0 Å². The van der Waals surface area contributed by atoms with Crippen LogP contribution in [0.3, 0.4) is 0 Å². The first kappa shape index (κ1) is 14.7. The van der Waals surface area contributed by atoms with Gasteiger partial charge in [0.25, 0.3) is 0 Å². The van der Waals surface area contributed by atoms with Gasteiger partial charge in [-0.15, -0.1) is 18.2 Å². The summed E-state index contributed by atoms with van der Waals surface area (Å²) in [6, 6.07) is 11.5. The van der Waals surface area contributed by atoms with Crippen molar-refractivity contribution in [3.05, 3.63) is 41.6 Å². The summed E-state index contributed by atoms with van der Waals surface area (Å²) in [5.41, 5.74) is 0.944. The lowest BCUT2D eigenvalue weighted by Crippen LogP contribution is -2.07. The molecule has 0 aliphatic rings. The van der Waals surface area contributed by atoms with E-state index < -0.39 is 0 Å². The molecular weight excluding hydrogens is 290 g/mol. The molecule has 1 aromatic carbocycles. The zero-order valence-corrected chi connectivity index (χ0v) is 12.4. The van der Waals surface area contributed by atoms with Crippen LogP contribution in [0.25, 0.3) is 11.4 Å². The Labute approximate surface area is 128 Å². The molecule has 0 amide bonds. The Morgan fingerprint density at radius 3 is 2.80 bits per heavy atom. The Kier molecular flexibility index (Phi) is 5.72. The summed E-state index contributed by atoms with van der Waals surface area (Å²) in [4.78, 5) is 8.71. The monoisotopic (exact) mass is 303 g/mol. The minimum Gasteiger partial charge on any atom is -0.369 e. The number of hydrogen-bond donors (Lipinski definition) is 1. The smallest absolute Gasteiger partial charge is 0.163 e. The van der Waals surface area contributed by atoms with Gasteiger partial charge in [-0.2, -0.15) is 0 Å². The van der Waals surface area contributed by atoms with Crippen molar-refractivity contribution in [2.24, 2.45) is 0 Å². The van der Waals surface area contributed by atoms with Crippen LogP contribution in [-0.2, 0) is 0 Å². The van der Waals surface area contributed by atoms with Gasteiger partial charge in [0.15, 0.2) is 5.82 Å². The van der Waals surface area contributed by atoms with E-state index in [0.29, 0.717) is 11.0 Å². The highest BCUT2D eigenvalue weighted by atomic mass is 35.5. The largest absolute Gasteiger partial charge is 0.369 e. The lowest BCUT2D eigenvalue weighted by molar-refractivity contribution is 1.12. The van der Waals surface area contributed by atoms with Crippen molar-refractivity contribution in [2.75, 3.05) is 23.4 Å². The van der Waals surface area contributed by atoms with E-state index in [0.717, 1.165) is 29.4 Å². The number of nitrogens with one attached hydrogen (secondary N) is 1. The lowest BCUT2D eigenvalue weighted by Gasteiger charge is -2.07. The maximum absolute atomic E-state index is 6.04. The molecule has 2 aromatic rings. The molecule has 0 bridgehead atoms. The van der Waals surface area contributed by atoms with Crippen molar-refractivity contribution in [1.29, 1.82) is 0 Å². The van der Waals surface area contributed by atoms with Gasteiger partial charge in [-0.25, -0.2) is 9.97 Å². The Hall–Kier alpha value is -1.70. The van der Waals surface area contributed by atoms with E-state index in [-0.39, 0.29) is 0 Å². The first-order valence-electron chi connectivity index (χ1n) is 6.14. The second kappa shape index (κ2) is 7.78. The zero-order chi connectivity index (χ0) is 14.2. The van der Waals surface area contributed by atoms with Crippen LogP contribution in [0.15, 0.2) is 36.4 Å². The average Bonchev–Trinajstić information content (AvgIpc) is 2.47. The second-order valence-electron chi connectivity index (χ2n) is 3.95. The molecule has 0 saturated heterocycles.